The Balaban J connectivity index is 2.70. The molecule has 1 aliphatic heterocycles. The summed E-state index contributed by atoms with van der Waals surface area (Å²) in [6, 6.07) is 0. The highest BCUT2D eigenvalue weighted by Gasteiger charge is 2.19. The zero-order valence-electron chi connectivity index (χ0n) is 4.88. The van der Waals surface area contributed by atoms with Crippen molar-refractivity contribution in [3.05, 3.63) is 0 Å². The summed E-state index contributed by atoms with van der Waals surface area (Å²) in [5.41, 5.74) is 0. The Morgan fingerprint density at radius 2 is 2.00 bits per heavy atom. The maximum atomic E-state index is 12.1. The Morgan fingerprint density at radius 1 is 1.56 bits per heavy atom. The Morgan fingerprint density at radius 3 is 2.33 bits per heavy atom. The van der Waals surface area contributed by atoms with Crippen LogP contribution in [0.2, 0.25) is 0 Å². The first kappa shape index (κ1) is 6.68. The van der Waals surface area contributed by atoms with E-state index in [4.69, 9.17) is 11.6 Å². The van der Waals surface area contributed by atoms with Gasteiger partial charge in [-0.1, -0.05) is 0 Å². The number of hydrogen-bond donors (Lipinski definition) is 0. The van der Waals surface area contributed by atoms with Gasteiger partial charge in [0.25, 0.3) is 6.42 Å². The number of halogens is 2. The molecule has 1 rings (SSSR count). The van der Waals surface area contributed by atoms with Gasteiger partial charge in [0.1, 0.15) is 4.87 Å². The molecule has 2 nitrogen and oxygen atoms in total. The summed E-state index contributed by atoms with van der Waals surface area (Å²) in [4.78, 5) is 6.03. The summed E-state index contributed by atoms with van der Waals surface area (Å²) >= 11 is 5.67. The van der Waals surface area contributed by atoms with Gasteiger partial charge >= 0.3 is 0 Å². The maximum absolute atomic E-state index is 12.1. The summed E-state index contributed by atoms with van der Waals surface area (Å²) < 4.78 is 12.1. The van der Waals surface area contributed by atoms with Crippen LogP contribution in [0.5, 0.6) is 0 Å². The first-order chi connectivity index (χ1) is 4.10. The van der Waals surface area contributed by atoms with Crippen LogP contribution in [0, 0.1) is 0 Å². The SMILES string of the molecule is CC1(Cl)C=NC(F)N=C1. The lowest BCUT2D eigenvalue weighted by atomic mass is 10.2. The van der Waals surface area contributed by atoms with Crippen LogP contribution in [0.4, 0.5) is 4.39 Å². The number of rotatable bonds is 0. The monoisotopic (exact) mass is 148 g/mol. The van der Waals surface area contributed by atoms with Crippen LogP contribution >= 0.6 is 11.6 Å². The summed E-state index contributed by atoms with van der Waals surface area (Å²) in [6.45, 7) is 1.69. The van der Waals surface area contributed by atoms with Crippen molar-refractivity contribution >= 4 is 24.0 Å². The summed E-state index contributed by atoms with van der Waals surface area (Å²) in [5, 5.41) is 0. The van der Waals surface area contributed by atoms with Crippen molar-refractivity contribution in [2.24, 2.45) is 9.98 Å². The van der Waals surface area contributed by atoms with Gasteiger partial charge in [-0.05, 0) is 6.92 Å². The van der Waals surface area contributed by atoms with E-state index in [0.717, 1.165) is 0 Å². The topological polar surface area (TPSA) is 24.7 Å². The van der Waals surface area contributed by atoms with Crippen molar-refractivity contribution < 1.29 is 4.39 Å². The molecule has 0 saturated carbocycles. The highest BCUT2D eigenvalue weighted by atomic mass is 35.5. The largest absolute Gasteiger partial charge is 0.283 e. The van der Waals surface area contributed by atoms with E-state index < -0.39 is 11.3 Å². The molecule has 0 saturated heterocycles. The molecule has 4 heteroatoms. The number of hydrogen-bond acceptors (Lipinski definition) is 2. The second-order valence-electron chi connectivity index (χ2n) is 2.02. The summed E-state index contributed by atoms with van der Waals surface area (Å²) in [5.74, 6) is 0. The average molecular weight is 149 g/mol. The van der Waals surface area contributed by atoms with Gasteiger partial charge in [-0.2, -0.15) is 4.39 Å². The molecule has 1 heterocycles. The van der Waals surface area contributed by atoms with Gasteiger partial charge in [-0.15, -0.1) is 11.6 Å². The van der Waals surface area contributed by atoms with Crippen molar-refractivity contribution in [2.45, 2.75) is 18.2 Å². The molecule has 0 aromatic rings. The van der Waals surface area contributed by atoms with Crippen molar-refractivity contribution in [1.82, 2.24) is 0 Å². The predicted molar refractivity (Wildman–Crippen MR) is 36.1 cm³/mol. The van der Waals surface area contributed by atoms with Crippen LogP contribution in [0.1, 0.15) is 6.92 Å². The van der Waals surface area contributed by atoms with E-state index in [1.165, 1.54) is 12.4 Å². The van der Waals surface area contributed by atoms with Crippen LogP contribution in [0.25, 0.3) is 0 Å². The van der Waals surface area contributed by atoms with E-state index in [1.807, 2.05) is 0 Å². The predicted octanol–water partition coefficient (Wildman–Crippen LogP) is 1.39. The van der Waals surface area contributed by atoms with Gasteiger partial charge in [0.15, 0.2) is 0 Å². The summed E-state index contributed by atoms with van der Waals surface area (Å²) in [6.07, 6.45) is 1.23. The lowest BCUT2D eigenvalue weighted by Crippen LogP contribution is -2.24. The second kappa shape index (κ2) is 2.06. The molecule has 0 aromatic carbocycles. The van der Waals surface area contributed by atoms with Crippen LogP contribution in [0.15, 0.2) is 9.98 Å². The van der Waals surface area contributed by atoms with E-state index in [-0.39, 0.29) is 0 Å². The molecule has 0 atom stereocenters. The molecule has 0 spiro atoms. The van der Waals surface area contributed by atoms with Gasteiger partial charge in [0.05, 0.1) is 0 Å². The van der Waals surface area contributed by atoms with Crippen LogP contribution in [-0.4, -0.2) is 23.7 Å². The normalized spacial score (nSPS) is 41.4. The van der Waals surface area contributed by atoms with Gasteiger partial charge in [0, 0.05) is 12.4 Å². The molecule has 0 aromatic heterocycles. The van der Waals surface area contributed by atoms with E-state index >= 15 is 0 Å². The fraction of sp³-hybridized carbons (Fsp3) is 0.600. The zero-order valence-corrected chi connectivity index (χ0v) is 5.64. The quantitative estimate of drug-likeness (QED) is 0.367. The molecule has 0 N–H and O–H groups in total. The fourth-order valence-corrected chi connectivity index (χ4v) is 0.599. The van der Waals surface area contributed by atoms with Crippen molar-refractivity contribution in [3.8, 4) is 0 Å². The molecule has 9 heavy (non-hydrogen) atoms. The van der Waals surface area contributed by atoms with Gasteiger partial charge in [-0.3, -0.25) is 0 Å². The number of nitrogens with zero attached hydrogens (tertiary/aromatic N) is 2. The molecular formula is C5H6ClFN2. The van der Waals surface area contributed by atoms with E-state index in [0.29, 0.717) is 0 Å². The molecular weight excluding hydrogens is 143 g/mol. The second-order valence-corrected chi connectivity index (χ2v) is 2.83. The van der Waals surface area contributed by atoms with Crippen molar-refractivity contribution in [2.75, 3.05) is 0 Å². The molecule has 0 unspecified atom stereocenters. The third kappa shape index (κ3) is 1.75. The van der Waals surface area contributed by atoms with E-state index in [1.54, 1.807) is 6.92 Å². The average Bonchev–Trinajstić information content (AvgIpc) is 1.78. The van der Waals surface area contributed by atoms with E-state index in [2.05, 4.69) is 9.98 Å². The van der Waals surface area contributed by atoms with Gasteiger partial charge in [-0.25, -0.2) is 9.98 Å². The van der Waals surface area contributed by atoms with Gasteiger partial charge < -0.3 is 0 Å². The first-order valence-electron chi connectivity index (χ1n) is 2.52. The highest BCUT2D eigenvalue weighted by Crippen LogP contribution is 2.13. The van der Waals surface area contributed by atoms with Crippen molar-refractivity contribution in [1.29, 1.82) is 0 Å². The first-order valence-corrected chi connectivity index (χ1v) is 2.90. The Hall–Kier alpha value is -0.440. The highest BCUT2D eigenvalue weighted by molar-refractivity contribution is 6.41. The Bertz CT molecular complexity index is 148. The minimum Gasteiger partial charge on any atom is -0.238 e. The third-order valence-corrected chi connectivity index (χ3v) is 1.10. The molecule has 1 aliphatic rings. The Labute approximate surface area is 57.5 Å². The van der Waals surface area contributed by atoms with Gasteiger partial charge in [0.2, 0.25) is 0 Å². The minimum atomic E-state index is -1.45. The lowest BCUT2D eigenvalue weighted by molar-refractivity contribution is 0.359. The molecule has 0 bridgehead atoms. The molecule has 0 aliphatic carbocycles. The number of aliphatic imine (C=N–C) groups is 2. The zero-order chi connectivity index (χ0) is 6.91. The third-order valence-electron chi connectivity index (χ3n) is 0.900. The molecule has 0 fully saturated rings. The van der Waals surface area contributed by atoms with E-state index in [9.17, 15) is 4.39 Å². The van der Waals surface area contributed by atoms with Crippen LogP contribution < -0.4 is 0 Å². The standard InChI is InChI=1S/C5H6ClFN2/c1-5(6)2-8-4(7)9-3-5/h2-4H,1H3. The van der Waals surface area contributed by atoms with Crippen LogP contribution in [0.3, 0.4) is 0 Å². The Kier molecular flexibility index (Phi) is 1.53. The van der Waals surface area contributed by atoms with Crippen LogP contribution in [-0.2, 0) is 0 Å². The molecule has 50 valence electrons. The molecule has 0 amide bonds. The number of alkyl halides is 2. The fourth-order valence-electron chi connectivity index (χ4n) is 0.486. The molecule has 0 radical (unpaired) electrons. The smallest absolute Gasteiger partial charge is 0.238 e. The maximum Gasteiger partial charge on any atom is 0.283 e. The summed E-state index contributed by atoms with van der Waals surface area (Å²) in [7, 11) is 0. The minimum absolute atomic E-state index is 0.692. The van der Waals surface area contributed by atoms with Crippen molar-refractivity contribution in [3.63, 3.8) is 0 Å². The lowest BCUT2D eigenvalue weighted by Gasteiger charge is -2.13.